The molecule has 3 heteroatoms. The fourth-order valence-corrected chi connectivity index (χ4v) is 2.19. The minimum Gasteiger partial charge on any atom is -0.389 e. The highest BCUT2D eigenvalue weighted by molar-refractivity contribution is 5.50. The number of aliphatic hydroxyl groups is 1. The van der Waals surface area contributed by atoms with Crippen LogP contribution in [0.4, 0.5) is 5.69 Å². The first kappa shape index (κ1) is 16.0. The first-order chi connectivity index (χ1) is 8.83. The molecule has 0 atom stereocenters. The van der Waals surface area contributed by atoms with Gasteiger partial charge in [-0.2, -0.15) is 0 Å². The number of hydrogen-bond donors (Lipinski definition) is 2. The van der Waals surface area contributed by atoms with Gasteiger partial charge in [0.1, 0.15) is 0 Å². The zero-order valence-electron chi connectivity index (χ0n) is 13.0. The summed E-state index contributed by atoms with van der Waals surface area (Å²) in [4.78, 5) is 2.09. The Morgan fingerprint density at radius 3 is 2.53 bits per heavy atom. The second-order valence-electron chi connectivity index (χ2n) is 5.96. The SMILES string of the molecule is CCCNCc1ccc(N(C)CC(C)(C)O)cc1C. The zero-order valence-corrected chi connectivity index (χ0v) is 13.0. The largest absolute Gasteiger partial charge is 0.389 e. The van der Waals surface area contributed by atoms with Crippen molar-refractivity contribution in [1.82, 2.24) is 5.32 Å². The molecular weight excluding hydrogens is 236 g/mol. The maximum atomic E-state index is 9.86. The van der Waals surface area contributed by atoms with E-state index in [0.29, 0.717) is 6.54 Å². The molecule has 0 radical (unpaired) electrons. The molecule has 19 heavy (non-hydrogen) atoms. The number of nitrogens with zero attached hydrogens (tertiary/aromatic N) is 1. The number of anilines is 1. The Labute approximate surface area is 117 Å². The Kier molecular flexibility index (Phi) is 5.83. The van der Waals surface area contributed by atoms with Gasteiger partial charge < -0.3 is 15.3 Å². The summed E-state index contributed by atoms with van der Waals surface area (Å²) in [5.74, 6) is 0. The quantitative estimate of drug-likeness (QED) is 0.743. The summed E-state index contributed by atoms with van der Waals surface area (Å²) in [6, 6.07) is 6.49. The van der Waals surface area contributed by atoms with Crippen LogP contribution in [0.1, 0.15) is 38.3 Å². The summed E-state index contributed by atoms with van der Waals surface area (Å²) >= 11 is 0. The van der Waals surface area contributed by atoms with Crippen LogP contribution < -0.4 is 10.2 Å². The van der Waals surface area contributed by atoms with Crippen LogP contribution in [-0.4, -0.2) is 30.8 Å². The number of likely N-dealkylation sites (N-methyl/N-ethyl adjacent to an activating group) is 1. The highest BCUT2D eigenvalue weighted by Gasteiger charge is 2.16. The predicted octanol–water partition coefficient (Wildman–Crippen LogP) is 2.70. The van der Waals surface area contributed by atoms with Crippen molar-refractivity contribution in [3.63, 3.8) is 0 Å². The highest BCUT2D eigenvalue weighted by atomic mass is 16.3. The van der Waals surface area contributed by atoms with Crippen LogP contribution in [0.15, 0.2) is 18.2 Å². The van der Waals surface area contributed by atoms with E-state index in [-0.39, 0.29) is 0 Å². The van der Waals surface area contributed by atoms with Crippen molar-refractivity contribution in [1.29, 1.82) is 0 Å². The zero-order chi connectivity index (χ0) is 14.5. The van der Waals surface area contributed by atoms with E-state index in [0.717, 1.165) is 25.2 Å². The molecule has 0 saturated carbocycles. The lowest BCUT2D eigenvalue weighted by Crippen LogP contribution is -2.36. The number of nitrogens with one attached hydrogen (secondary N) is 1. The van der Waals surface area contributed by atoms with Gasteiger partial charge in [-0.3, -0.25) is 0 Å². The minimum absolute atomic E-state index is 0.625. The van der Waals surface area contributed by atoms with Crippen LogP contribution in [0.3, 0.4) is 0 Å². The van der Waals surface area contributed by atoms with Gasteiger partial charge in [0.15, 0.2) is 0 Å². The van der Waals surface area contributed by atoms with Gasteiger partial charge in [0.05, 0.1) is 5.60 Å². The van der Waals surface area contributed by atoms with Gasteiger partial charge in [0.25, 0.3) is 0 Å². The average Bonchev–Trinajstić information content (AvgIpc) is 2.29. The Bertz CT molecular complexity index is 396. The first-order valence-corrected chi connectivity index (χ1v) is 7.07. The van der Waals surface area contributed by atoms with Crippen molar-refractivity contribution >= 4 is 5.69 Å². The van der Waals surface area contributed by atoms with E-state index in [2.05, 4.69) is 42.3 Å². The van der Waals surface area contributed by atoms with E-state index in [1.54, 1.807) is 0 Å². The van der Waals surface area contributed by atoms with Crippen LogP contribution >= 0.6 is 0 Å². The molecule has 108 valence electrons. The summed E-state index contributed by atoms with van der Waals surface area (Å²) < 4.78 is 0. The summed E-state index contributed by atoms with van der Waals surface area (Å²) in [6.45, 7) is 10.6. The molecule has 1 rings (SSSR count). The molecule has 0 unspecified atom stereocenters. The number of hydrogen-bond acceptors (Lipinski definition) is 3. The van der Waals surface area contributed by atoms with Crippen LogP contribution in [-0.2, 0) is 6.54 Å². The van der Waals surface area contributed by atoms with E-state index in [1.165, 1.54) is 11.1 Å². The summed E-state index contributed by atoms with van der Waals surface area (Å²) in [5, 5.41) is 13.3. The summed E-state index contributed by atoms with van der Waals surface area (Å²) in [7, 11) is 2.02. The van der Waals surface area contributed by atoms with Crippen LogP contribution in [0.25, 0.3) is 0 Å². The molecule has 3 nitrogen and oxygen atoms in total. The third kappa shape index (κ3) is 5.62. The molecule has 1 aromatic rings. The molecule has 2 N–H and O–H groups in total. The molecule has 0 spiro atoms. The maximum Gasteiger partial charge on any atom is 0.0765 e. The highest BCUT2D eigenvalue weighted by Crippen LogP contribution is 2.20. The Balaban J connectivity index is 2.70. The lowest BCUT2D eigenvalue weighted by molar-refractivity contribution is 0.0886. The molecule has 0 fully saturated rings. The van der Waals surface area contributed by atoms with Crippen molar-refractivity contribution < 1.29 is 5.11 Å². The van der Waals surface area contributed by atoms with E-state index in [4.69, 9.17) is 0 Å². The molecule has 0 aliphatic carbocycles. The van der Waals surface area contributed by atoms with Gasteiger partial charge in [-0.05, 0) is 57.0 Å². The average molecular weight is 264 g/mol. The van der Waals surface area contributed by atoms with Gasteiger partial charge in [-0.1, -0.05) is 13.0 Å². The minimum atomic E-state index is -0.677. The second-order valence-corrected chi connectivity index (χ2v) is 5.96. The smallest absolute Gasteiger partial charge is 0.0765 e. The Morgan fingerprint density at radius 2 is 2.00 bits per heavy atom. The van der Waals surface area contributed by atoms with Crippen LogP contribution in [0, 0.1) is 6.92 Å². The molecule has 1 aromatic carbocycles. The van der Waals surface area contributed by atoms with Crippen molar-refractivity contribution in [2.75, 3.05) is 25.0 Å². The van der Waals surface area contributed by atoms with Gasteiger partial charge >= 0.3 is 0 Å². The van der Waals surface area contributed by atoms with Gasteiger partial charge in [-0.15, -0.1) is 0 Å². The van der Waals surface area contributed by atoms with E-state index in [9.17, 15) is 5.11 Å². The van der Waals surface area contributed by atoms with Gasteiger partial charge in [0, 0.05) is 25.8 Å². The number of benzene rings is 1. The molecule has 0 heterocycles. The number of aryl methyl sites for hydroxylation is 1. The molecule has 0 saturated heterocycles. The van der Waals surface area contributed by atoms with Crippen molar-refractivity contribution in [3.8, 4) is 0 Å². The standard InChI is InChI=1S/C16H28N2O/c1-6-9-17-11-14-7-8-15(10-13(14)2)18(5)12-16(3,4)19/h7-8,10,17,19H,6,9,11-12H2,1-5H3. The lowest BCUT2D eigenvalue weighted by atomic mass is 10.1. The third-order valence-electron chi connectivity index (χ3n) is 3.13. The van der Waals surface area contributed by atoms with Gasteiger partial charge in [-0.25, -0.2) is 0 Å². The molecule has 0 aliphatic rings. The third-order valence-corrected chi connectivity index (χ3v) is 3.13. The number of rotatable bonds is 7. The topological polar surface area (TPSA) is 35.5 Å². The second kappa shape index (κ2) is 6.92. The van der Waals surface area contributed by atoms with Crippen molar-refractivity contribution in [2.45, 2.75) is 46.3 Å². The van der Waals surface area contributed by atoms with Crippen molar-refractivity contribution in [2.24, 2.45) is 0 Å². The molecule has 0 amide bonds. The van der Waals surface area contributed by atoms with Crippen LogP contribution in [0.2, 0.25) is 0 Å². The normalized spacial score (nSPS) is 11.7. The molecule has 0 aliphatic heterocycles. The van der Waals surface area contributed by atoms with E-state index < -0.39 is 5.60 Å². The fourth-order valence-electron chi connectivity index (χ4n) is 2.19. The Hall–Kier alpha value is -1.06. The molecule has 0 bridgehead atoms. The van der Waals surface area contributed by atoms with Gasteiger partial charge in [0.2, 0.25) is 0 Å². The fraction of sp³-hybridized carbons (Fsp3) is 0.625. The maximum absolute atomic E-state index is 9.86. The predicted molar refractivity (Wildman–Crippen MR) is 82.7 cm³/mol. The summed E-state index contributed by atoms with van der Waals surface area (Å²) in [5.41, 5.74) is 3.11. The lowest BCUT2D eigenvalue weighted by Gasteiger charge is -2.27. The Morgan fingerprint density at radius 1 is 1.32 bits per heavy atom. The van der Waals surface area contributed by atoms with Crippen molar-refractivity contribution in [3.05, 3.63) is 29.3 Å². The first-order valence-electron chi connectivity index (χ1n) is 7.07. The summed E-state index contributed by atoms with van der Waals surface area (Å²) in [6.07, 6.45) is 1.16. The van der Waals surface area contributed by atoms with E-state index in [1.807, 2.05) is 20.9 Å². The van der Waals surface area contributed by atoms with Crippen LogP contribution in [0.5, 0.6) is 0 Å². The monoisotopic (exact) mass is 264 g/mol. The molecule has 0 aromatic heterocycles. The van der Waals surface area contributed by atoms with E-state index >= 15 is 0 Å². The molecular formula is C16H28N2O.